The van der Waals surface area contributed by atoms with E-state index >= 15 is 0 Å². The summed E-state index contributed by atoms with van der Waals surface area (Å²) in [5.74, 6) is 0.357. The first-order chi connectivity index (χ1) is 10.00. The molecule has 0 aliphatic carbocycles. The minimum absolute atomic E-state index is 0.179. The number of hydrogen-bond acceptors (Lipinski definition) is 4. The molecule has 0 saturated heterocycles. The second-order valence-electron chi connectivity index (χ2n) is 4.62. The molecule has 6 nitrogen and oxygen atoms in total. The van der Waals surface area contributed by atoms with Gasteiger partial charge in [0.1, 0.15) is 10.7 Å². The lowest BCUT2D eigenvalue weighted by atomic mass is 10.2. The second-order valence-corrected chi connectivity index (χ2v) is 6.56. The van der Waals surface area contributed by atoms with Gasteiger partial charge in [-0.15, -0.1) is 0 Å². The number of anilines is 2. The molecule has 0 radical (unpaired) electrons. The fourth-order valence-corrected chi connectivity index (χ4v) is 3.44. The topological polar surface area (TPSA) is 92.1 Å². The molecule has 108 valence electrons. The molecule has 0 aliphatic heterocycles. The van der Waals surface area contributed by atoms with Gasteiger partial charge >= 0.3 is 0 Å². The number of hydrogen-bond donors (Lipinski definition) is 2. The van der Waals surface area contributed by atoms with Crippen molar-refractivity contribution in [2.24, 2.45) is 0 Å². The van der Waals surface area contributed by atoms with Crippen LogP contribution in [-0.2, 0) is 10.0 Å². The maximum Gasteiger partial charge on any atom is 0.267 e. The summed E-state index contributed by atoms with van der Waals surface area (Å²) in [6.45, 7) is 0. The monoisotopic (exact) mass is 302 g/mol. The highest BCUT2D eigenvalue weighted by atomic mass is 32.2. The summed E-state index contributed by atoms with van der Waals surface area (Å²) in [5, 5.41) is 0.567. The standard InChI is InChI=1S/C14H14N4O2S/c1-18(14-4-2-3-7-16-14)21(19,20)13-9-17-12-6-5-10(15)8-11(12)13/h2-9,17H,15H2,1H3. The Morgan fingerprint density at radius 1 is 1.24 bits per heavy atom. The van der Waals surface area contributed by atoms with Gasteiger partial charge in [-0.1, -0.05) is 6.07 Å². The number of aromatic amines is 1. The van der Waals surface area contributed by atoms with Crippen LogP contribution in [0.3, 0.4) is 0 Å². The Bertz CT molecular complexity index is 888. The van der Waals surface area contributed by atoms with Crippen molar-refractivity contribution >= 4 is 32.4 Å². The predicted octanol–water partition coefficient (Wildman–Crippen LogP) is 1.97. The number of aromatic nitrogens is 2. The van der Waals surface area contributed by atoms with E-state index in [-0.39, 0.29) is 4.90 Å². The van der Waals surface area contributed by atoms with Crippen molar-refractivity contribution < 1.29 is 8.42 Å². The van der Waals surface area contributed by atoms with Crippen LogP contribution >= 0.6 is 0 Å². The van der Waals surface area contributed by atoms with Crippen LogP contribution in [0.15, 0.2) is 53.7 Å². The van der Waals surface area contributed by atoms with Gasteiger partial charge in [0.15, 0.2) is 0 Å². The molecule has 2 heterocycles. The van der Waals surface area contributed by atoms with Gasteiger partial charge in [0.2, 0.25) is 0 Å². The molecule has 7 heteroatoms. The number of fused-ring (bicyclic) bond motifs is 1. The maximum absolute atomic E-state index is 12.7. The zero-order valence-electron chi connectivity index (χ0n) is 11.3. The fraction of sp³-hybridized carbons (Fsp3) is 0.0714. The Kier molecular flexibility index (Phi) is 3.06. The first-order valence-corrected chi connectivity index (χ1v) is 7.71. The summed E-state index contributed by atoms with van der Waals surface area (Å²) in [6.07, 6.45) is 3.02. The molecule has 0 fully saturated rings. The van der Waals surface area contributed by atoms with Crippen molar-refractivity contribution in [2.75, 3.05) is 17.1 Å². The van der Waals surface area contributed by atoms with Crippen LogP contribution in [0.25, 0.3) is 10.9 Å². The van der Waals surface area contributed by atoms with Crippen LogP contribution in [0.1, 0.15) is 0 Å². The number of rotatable bonds is 3. The summed E-state index contributed by atoms with van der Waals surface area (Å²) in [7, 11) is -2.23. The third-order valence-corrected chi connectivity index (χ3v) is 5.08. The maximum atomic E-state index is 12.7. The number of benzene rings is 1. The highest BCUT2D eigenvalue weighted by molar-refractivity contribution is 7.93. The van der Waals surface area contributed by atoms with Crippen LogP contribution in [0.2, 0.25) is 0 Å². The van der Waals surface area contributed by atoms with Crippen molar-refractivity contribution in [3.8, 4) is 0 Å². The third-order valence-electron chi connectivity index (χ3n) is 3.28. The van der Waals surface area contributed by atoms with E-state index in [2.05, 4.69) is 9.97 Å². The molecular formula is C14H14N4O2S. The average Bonchev–Trinajstić information content (AvgIpc) is 2.91. The highest BCUT2D eigenvalue weighted by Crippen LogP contribution is 2.28. The van der Waals surface area contributed by atoms with E-state index in [1.807, 2.05) is 0 Å². The van der Waals surface area contributed by atoms with Gasteiger partial charge in [-0.05, 0) is 30.3 Å². The summed E-state index contributed by atoms with van der Waals surface area (Å²) >= 11 is 0. The minimum atomic E-state index is -3.71. The van der Waals surface area contributed by atoms with E-state index < -0.39 is 10.0 Å². The fourth-order valence-electron chi connectivity index (χ4n) is 2.14. The molecular weight excluding hydrogens is 288 g/mol. The van der Waals surface area contributed by atoms with Gasteiger partial charge in [0.05, 0.1) is 0 Å². The minimum Gasteiger partial charge on any atom is -0.399 e. The molecule has 0 atom stereocenters. The Balaban J connectivity index is 2.15. The lowest BCUT2D eigenvalue weighted by Crippen LogP contribution is -2.27. The molecule has 0 bridgehead atoms. The smallest absolute Gasteiger partial charge is 0.267 e. The van der Waals surface area contributed by atoms with Crippen LogP contribution < -0.4 is 10.0 Å². The Hall–Kier alpha value is -2.54. The van der Waals surface area contributed by atoms with E-state index in [0.29, 0.717) is 16.9 Å². The molecule has 3 aromatic rings. The van der Waals surface area contributed by atoms with Gasteiger partial charge in [-0.25, -0.2) is 13.4 Å². The molecule has 2 aromatic heterocycles. The number of nitrogens with one attached hydrogen (secondary N) is 1. The highest BCUT2D eigenvalue weighted by Gasteiger charge is 2.25. The largest absolute Gasteiger partial charge is 0.399 e. The Morgan fingerprint density at radius 2 is 2.05 bits per heavy atom. The van der Waals surface area contributed by atoms with Crippen LogP contribution in [-0.4, -0.2) is 25.4 Å². The van der Waals surface area contributed by atoms with Gasteiger partial charge < -0.3 is 10.7 Å². The Labute approximate surface area is 122 Å². The number of H-pyrrole nitrogens is 1. The predicted molar refractivity (Wildman–Crippen MR) is 82.5 cm³/mol. The third kappa shape index (κ3) is 2.21. The number of nitrogens with zero attached hydrogens (tertiary/aromatic N) is 2. The van der Waals surface area contributed by atoms with Crippen LogP contribution in [0.5, 0.6) is 0 Å². The lowest BCUT2D eigenvalue weighted by molar-refractivity contribution is 0.595. The summed E-state index contributed by atoms with van der Waals surface area (Å²) in [6, 6.07) is 10.2. The van der Waals surface area contributed by atoms with Crippen LogP contribution in [0.4, 0.5) is 11.5 Å². The van der Waals surface area contributed by atoms with Crippen molar-refractivity contribution in [2.45, 2.75) is 4.90 Å². The van der Waals surface area contributed by atoms with Gasteiger partial charge in [-0.3, -0.25) is 4.31 Å². The normalized spacial score (nSPS) is 11.7. The van der Waals surface area contributed by atoms with E-state index in [4.69, 9.17) is 5.73 Å². The number of pyridine rings is 1. The molecule has 3 rings (SSSR count). The Morgan fingerprint density at radius 3 is 2.76 bits per heavy atom. The van der Waals surface area contributed by atoms with Crippen molar-refractivity contribution in [1.82, 2.24) is 9.97 Å². The number of sulfonamides is 1. The SMILES string of the molecule is CN(c1ccccn1)S(=O)(=O)c1c[nH]c2ccc(N)cc12. The molecule has 0 saturated carbocycles. The lowest BCUT2D eigenvalue weighted by Gasteiger charge is -2.17. The summed E-state index contributed by atoms with van der Waals surface area (Å²) < 4.78 is 26.6. The quantitative estimate of drug-likeness (QED) is 0.723. The van der Waals surface area contributed by atoms with Crippen molar-refractivity contribution in [3.63, 3.8) is 0 Å². The molecule has 0 unspecified atom stereocenters. The van der Waals surface area contributed by atoms with Gasteiger partial charge in [0, 0.05) is 36.0 Å². The number of nitrogens with two attached hydrogens (primary N) is 1. The van der Waals surface area contributed by atoms with E-state index in [1.54, 1.807) is 42.6 Å². The molecule has 0 amide bonds. The molecule has 1 aromatic carbocycles. The summed E-state index contributed by atoms with van der Waals surface area (Å²) in [5.41, 5.74) is 6.98. The van der Waals surface area contributed by atoms with E-state index in [9.17, 15) is 8.42 Å². The van der Waals surface area contributed by atoms with Gasteiger partial charge in [-0.2, -0.15) is 0 Å². The van der Waals surface area contributed by atoms with Crippen molar-refractivity contribution in [1.29, 1.82) is 0 Å². The molecule has 0 spiro atoms. The first-order valence-electron chi connectivity index (χ1n) is 6.27. The molecule has 3 N–H and O–H groups in total. The zero-order valence-corrected chi connectivity index (χ0v) is 12.1. The van der Waals surface area contributed by atoms with E-state index in [0.717, 1.165) is 9.82 Å². The van der Waals surface area contributed by atoms with E-state index in [1.165, 1.54) is 13.2 Å². The first kappa shape index (κ1) is 13.4. The van der Waals surface area contributed by atoms with Gasteiger partial charge in [0.25, 0.3) is 10.0 Å². The average molecular weight is 302 g/mol. The molecule has 0 aliphatic rings. The zero-order chi connectivity index (χ0) is 15.0. The summed E-state index contributed by atoms with van der Waals surface area (Å²) in [4.78, 5) is 7.19. The second kappa shape index (κ2) is 4.78. The van der Waals surface area contributed by atoms with Crippen LogP contribution in [0, 0.1) is 0 Å². The molecule has 21 heavy (non-hydrogen) atoms. The van der Waals surface area contributed by atoms with Crippen molar-refractivity contribution in [3.05, 3.63) is 48.8 Å². The number of nitrogen functional groups attached to an aromatic ring is 1.